The number of nitrogens with one attached hydrogen (secondary N) is 1. The summed E-state index contributed by atoms with van der Waals surface area (Å²) in [6, 6.07) is 3.67. The summed E-state index contributed by atoms with van der Waals surface area (Å²) in [6.07, 6.45) is 5.37. The second kappa shape index (κ2) is 4.38. The monoisotopic (exact) mass is 355 g/mol. The molecule has 0 saturated heterocycles. The maximum atomic E-state index is 14.3. The van der Waals surface area contributed by atoms with Gasteiger partial charge in [-0.15, -0.1) is 0 Å². The summed E-state index contributed by atoms with van der Waals surface area (Å²) in [5, 5.41) is 0.636. The summed E-state index contributed by atoms with van der Waals surface area (Å²) in [5.74, 6) is -0.173. The lowest BCUT2D eigenvalue weighted by Gasteiger charge is -2.04. The van der Waals surface area contributed by atoms with Gasteiger partial charge in [0, 0.05) is 32.8 Å². The van der Waals surface area contributed by atoms with Gasteiger partial charge in [-0.05, 0) is 41.6 Å². The Bertz CT molecular complexity index is 714. The first-order valence-electron chi connectivity index (χ1n) is 5.68. The lowest BCUT2D eigenvalue weighted by atomic mass is 10.1. The van der Waals surface area contributed by atoms with Gasteiger partial charge >= 0.3 is 0 Å². The number of hydrogen-bond acceptors (Lipinski definition) is 1. The van der Waals surface area contributed by atoms with Crippen LogP contribution in [0.15, 0.2) is 30.9 Å². The lowest BCUT2D eigenvalue weighted by Crippen LogP contribution is -1.94. The van der Waals surface area contributed by atoms with E-state index in [1.54, 1.807) is 18.6 Å². The van der Waals surface area contributed by atoms with E-state index in [1.165, 1.54) is 0 Å². The van der Waals surface area contributed by atoms with Gasteiger partial charge in [-0.25, -0.2) is 9.37 Å². The molecule has 0 spiro atoms. The maximum absolute atomic E-state index is 14.3. The van der Waals surface area contributed by atoms with Crippen molar-refractivity contribution in [3.05, 3.63) is 40.2 Å². The van der Waals surface area contributed by atoms with Gasteiger partial charge < -0.3 is 9.55 Å². The molecule has 3 rings (SSSR count). The molecule has 2 aromatic heterocycles. The molecule has 0 aliphatic carbocycles. The average molecular weight is 355 g/mol. The van der Waals surface area contributed by atoms with Crippen LogP contribution < -0.4 is 0 Å². The summed E-state index contributed by atoms with van der Waals surface area (Å²) < 4.78 is 16.9. The van der Waals surface area contributed by atoms with Crippen LogP contribution in [0.3, 0.4) is 0 Å². The van der Waals surface area contributed by atoms with Crippen molar-refractivity contribution in [3.8, 4) is 11.3 Å². The molecule has 0 unspecified atom stereocenters. The third-order valence-electron chi connectivity index (χ3n) is 3.07. The van der Waals surface area contributed by atoms with E-state index in [2.05, 4.69) is 9.97 Å². The summed E-state index contributed by atoms with van der Waals surface area (Å²) in [6.45, 7) is 2.85. The zero-order chi connectivity index (χ0) is 12.7. The quantitative estimate of drug-likeness (QED) is 0.698. The van der Waals surface area contributed by atoms with E-state index in [0.29, 0.717) is 8.96 Å². The van der Waals surface area contributed by atoms with Crippen LogP contribution in [0.5, 0.6) is 0 Å². The Morgan fingerprint density at radius 2 is 2.28 bits per heavy atom. The molecule has 0 amide bonds. The van der Waals surface area contributed by atoms with Gasteiger partial charge in [-0.1, -0.05) is 0 Å². The molecule has 0 atom stereocenters. The fourth-order valence-electron chi connectivity index (χ4n) is 2.16. The number of fused-ring (bicyclic) bond motifs is 1. The predicted molar refractivity (Wildman–Crippen MR) is 77.9 cm³/mol. The van der Waals surface area contributed by atoms with Crippen LogP contribution in [0.25, 0.3) is 22.2 Å². The van der Waals surface area contributed by atoms with Crippen molar-refractivity contribution in [3.63, 3.8) is 0 Å². The largest absolute Gasteiger partial charge is 0.360 e. The second-order valence-corrected chi connectivity index (χ2v) is 5.21. The molecule has 1 aromatic carbocycles. The number of nitrogens with zero attached hydrogens (tertiary/aromatic N) is 2. The molecule has 5 heteroatoms. The number of aromatic nitrogens is 3. The van der Waals surface area contributed by atoms with Crippen molar-refractivity contribution in [2.24, 2.45) is 0 Å². The highest BCUT2D eigenvalue weighted by atomic mass is 127. The summed E-state index contributed by atoms with van der Waals surface area (Å²) >= 11 is 2.01. The molecule has 0 fully saturated rings. The van der Waals surface area contributed by atoms with Gasteiger partial charge in [-0.2, -0.15) is 0 Å². The molecule has 3 aromatic rings. The van der Waals surface area contributed by atoms with Crippen molar-refractivity contribution in [1.82, 2.24) is 14.5 Å². The SMILES string of the molecule is CCn1cncc1-c1c[nH]c2ccc(I)c(F)c12. The zero-order valence-corrected chi connectivity index (χ0v) is 11.9. The van der Waals surface area contributed by atoms with E-state index < -0.39 is 0 Å². The van der Waals surface area contributed by atoms with E-state index in [0.717, 1.165) is 23.3 Å². The predicted octanol–water partition coefficient (Wildman–Crippen LogP) is 3.80. The minimum atomic E-state index is -0.173. The van der Waals surface area contributed by atoms with Crippen LogP contribution in [0, 0.1) is 9.39 Å². The number of aromatic amines is 1. The molecule has 0 aliphatic rings. The fraction of sp³-hybridized carbons (Fsp3) is 0.154. The number of H-pyrrole nitrogens is 1. The van der Waals surface area contributed by atoms with E-state index >= 15 is 0 Å². The Morgan fingerprint density at radius 3 is 3.06 bits per heavy atom. The van der Waals surface area contributed by atoms with Crippen LogP contribution in [0.2, 0.25) is 0 Å². The number of hydrogen-bond donors (Lipinski definition) is 1. The van der Waals surface area contributed by atoms with Gasteiger partial charge in [0.2, 0.25) is 0 Å². The highest BCUT2D eigenvalue weighted by Gasteiger charge is 2.15. The van der Waals surface area contributed by atoms with Crippen molar-refractivity contribution in [1.29, 1.82) is 0 Å². The Balaban J connectivity index is 2.33. The van der Waals surface area contributed by atoms with Gasteiger partial charge in [0.05, 0.1) is 18.2 Å². The zero-order valence-electron chi connectivity index (χ0n) is 9.74. The minimum Gasteiger partial charge on any atom is -0.360 e. The van der Waals surface area contributed by atoms with Gasteiger partial charge in [0.1, 0.15) is 5.82 Å². The molecule has 18 heavy (non-hydrogen) atoms. The van der Waals surface area contributed by atoms with Crippen LogP contribution in [0.4, 0.5) is 4.39 Å². The standard InChI is InChI=1S/C13H11FIN3/c1-2-18-7-16-6-11(18)8-5-17-10-4-3-9(15)13(14)12(8)10/h3-7,17H,2H2,1H3. The Morgan fingerprint density at radius 1 is 1.44 bits per heavy atom. The van der Waals surface area contributed by atoms with Crippen molar-refractivity contribution >= 4 is 33.5 Å². The Hall–Kier alpha value is -1.37. The highest BCUT2D eigenvalue weighted by Crippen LogP contribution is 2.32. The molecular formula is C13H11FIN3. The number of benzene rings is 1. The normalized spacial score (nSPS) is 11.3. The molecule has 1 N–H and O–H groups in total. The molecule has 3 nitrogen and oxygen atoms in total. The number of imidazole rings is 1. The first kappa shape index (κ1) is 11.7. The van der Waals surface area contributed by atoms with Gasteiger partial charge in [0.25, 0.3) is 0 Å². The Labute approximate surface area is 117 Å². The molecule has 0 saturated carbocycles. The molecule has 0 bridgehead atoms. The smallest absolute Gasteiger partial charge is 0.146 e. The first-order chi connectivity index (χ1) is 8.72. The minimum absolute atomic E-state index is 0.173. The van der Waals surface area contributed by atoms with Crippen LogP contribution in [0.1, 0.15) is 6.92 Å². The van der Waals surface area contributed by atoms with E-state index in [-0.39, 0.29) is 5.82 Å². The number of aryl methyl sites for hydroxylation is 1. The van der Waals surface area contributed by atoms with Crippen LogP contribution in [-0.4, -0.2) is 14.5 Å². The molecular weight excluding hydrogens is 344 g/mol. The lowest BCUT2D eigenvalue weighted by molar-refractivity contribution is 0.633. The second-order valence-electron chi connectivity index (χ2n) is 4.05. The Kier molecular flexibility index (Phi) is 2.85. The summed E-state index contributed by atoms with van der Waals surface area (Å²) in [5.41, 5.74) is 2.61. The third kappa shape index (κ3) is 1.65. The number of rotatable bonds is 2. The molecule has 0 radical (unpaired) electrons. The number of halogens is 2. The fourth-order valence-corrected chi connectivity index (χ4v) is 2.60. The first-order valence-corrected chi connectivity index (χ1v) is 6.75. The van der Waals surface area contributed by atoms with Crippen molar-refractivity contribution < 1.29 is 4.39 Å². The summed E-state index contributed by atoms with van der Waals surface area (Å²) in [4.78, 5) is 7.24. The van der Waals surface area contributed by atoms with Gasteiger partial charge in [-0.3, -0.25) is 0 Å². The van der Waals surface area contributed by atoms with Crippen molar-refractivity contribution in [2.45, 2.75) is 13.5 Å². The molecule has 2 heterocycles. The van der Waals surface area contributed by atoms with E-state index in [9.17, 15) is 4.39 Å². The van der Waals surface area contributed by atoms with E-state index in [4.69, 9.17) is 0 Å². The van der Waals surface area contributed by atoms with Crippen LogP contribution >= 0.6 is 22.6 Å². The molecule has 92 valence electrons. The summed E-state index contributed by atoms with van der Waals surface area (Å²) in [7, 11) is 0. The van der Waals surface area contributed by atoms with Crippen LogP contribution in [-0.2, 0) is 6.54 Å². The maximum Gasteiger partial charge on any atom is 0.146 e. The average Bonchev–Trinajstić information content (AvgIpc) is 2.99. The van der Waals surface area contributed by atoms with Gasteiger partial charge in [0.15, 0.2) is 0 Å². The van der Waals surface area contributed by atoms with E-state index in [1.807, 2.05) is 46.3 Å². The highest BCUT2D eigenvalue weighted by molar-refractivity contribution is 14.1. The van der Waals surface area contributed by atoms with Crippen molar-refractivity contribution in [2.75, 3.05) is 0 Å². The topological polar surface area (TPSA) is 33.6 Å². The third-order valence-corrected chi connectivity index (χ3v) is 3.90. The molecule has 0 aliphatic heterocycles.